The maximum atomic E-state index is 5.42. The summed E-state index contributed by atoms with van der Waals surface area (Å²) in [6.07, 6.45) is 2.44. The Morgan fingerprint density at radius 1 is 1.38 bits per heavy atom. The van der Waals surface area contributed by atoms with Crippen molar-refractivity contribution in [3.05, 3.63) is 17.3 Å². The number of rotatable bonds is 5. The van der Waals surface area contributed by atoms with Gasteiger partial charge in [0.15, 0.2) is 5.89 Å². The fourth-order valence-corrected chi connectivity index (χ4v) is 1.24. The maximum Gasteiger partial charge on any atom is 0.191 e. The lowest BCUT2D eigenvalue weighted by molar-refractivity contribution is 0.452. The van der Waals surface area contributed by atoms with Crippen molar-refractivity contribution in [3.8, 4) is 0 Å². The lowest BCUT2D eigenvalue weighted by atomic mass is 10.3. The van der Waals surface area contributed by atoms with Crippen LogP contribution in [0, 0.1) is 13.8 Å². The van der Waals surface area contributed by atoms with Gasteiger partial charge in [-0.25, -0.2) is 4.98 Å². The van der Waals surface area contributed by atoms with Crippen LogP contribution in [-0.2, 0) is 6.54 Å². The minimum atomic E-state index is 0.754. The lowest BCUT2D eigenvalue weighted by Crippen LogP contribution is -2.14. The van der Waals surface area contributed by atoms with Crippen molar-refractivity contribution in [1.29, 1.82) is 0 Å². The second-order valence-electron chi connectivity index (χ2n) is 3.27. The number of hydrogen-bond acceptors (Lipinski definition) is 3. The van der Waals surface area contributed by atoms with Crippen molar-refractivity contribution >= 4 is 0 Å². The second kappa shape index (κ2) is 5.02. The van der Waals surface area contributed by atoms with Crippen LogP contribution in [-0.4, -0.2) is 11.5 Å². The van der Waals surface area contributed by atoms with Crippen LogP contribution in [0.25, 0.3) is 0 Å². The average molecular weight is 182 g/mol. The first-order valence-electron chi connectivity index (χ1n) is 4.87. The Hall–Kier alpha value is -0.830. The molecule has 1 N–H and O–H groups in total. The molecule has 3 heteroatoms. The summed E-state index contributed by atoms with van der Waals surface area (Å²) in [5.74, 6) is 1.72. The summed E-state index contributed by atoms with van der Waals surface area (Å²) in [7, 11) is 0. The van der Waals surface area contributed by atoms with E-state index in [1.165, 1.54) is 12.8 Å². The first kappa shape index (κ1) is 10.3. The van der Waals surface area contributed by atoms with Crippen LogP contribution in [0.15, 0.2) is 4.42 Å². The van der Waals surface area contributed by atoms with Crippen LogP contribution in [0.2, 0.25) is 0 Å². The molecule has 0 aliphatic heterocycles. The van der Waals surface area contributed by atoms with Crippen molar-refractivity contribution in [2.24, 2.45) is 0 Å². The van der Waals surface area contributed by atoms with E-state index in [9.17, 15) is 0 Å². The van der Waals surface area contributed by atoms with Gasteiger partial charge in [0, 0.05) is 6.92 Å². The molecule has 0 aliphatic rings. The average Bonchev–Trinajstić information content (AvgIpc) is 2.39. The summed E-state index contributed by atoms with van der Waals surface area (Å²) in [6, 6.07) is 0. The van der Waals surface area contributed by atoms with Crippen LogP contribution < -0.4 is 5.32 Å². The highest BCUT2D eigenvalue weighted by atomic mass is 16.4. The molecule has 1 rings (SSSR count). The third kappa shape index (κ3) is 3.19. The Morgan fingerprint density at radius 3 is 2.69 bits per heavy atom. The van der Waals surface area contributed by atoms with Crippen LogP contribution in [0.3, 0.4) is 0 Å². The molecule has 0 fully saturated rings. The summed E-state index contributed by atoms with van der Waals surface area (Å²) in [5.41, 5.74) is 1.00. The number of aromatic nitrogens is 1. The summed E-state index contributed by atoms with van der Waals surface area (Å²) in [4.78, 5) is 4.20. The fraction of sp³-hybridized carbons (Fsp3) is 0.700. The Bertz CT molecular complexity index is 255. The van der Waals surface area contributed by atoms with E-state index in [1.807, 2.05) is 13.8 Å². The number of nitrogens with zero attached hydrogens (tertiary/aromatic N) is 1. The molecule has 1 aromatic rings. The fourth-order valence-electron chi connectivity index (χ4n) is 1.24. The molecule has 3 nitrogen and oxygen atoms in total. The summed E-state index contributed by atoms with van der Waals surface area (Å²) >= 11 is 0. The smallest absolute Gasteiger partial charge is 0.191 e. The zero-order chi connectivity index (χ0) is 9.68. The molecule has 1 heterocycles. The topological polar surface area (TPSA) is 38.1 Å². The zero-order valence-electron chi connectivity index (χ0n) is 8.68. The van der Waals surface area contributed by atoms with E-state index in [2.05, 4.69) is 17.2 Å². The summed E-state index contributed by atoms with van der Waals surface area (Å²) < 4.78 is 5.42. The van der Waals surface area contributed by atoms with Gasteiger partial charge in [-0.05, 0) is 19.9 Å². The van der Waals surface area contributed by atoms with Gasteiger partial charge in [0.25, 0.3) is 0 Å². The van der Waals surface area contributed by atoms with Crippen molar-refractivity contribution in [1.82, 2.24) is 10.3 Å². The van der Waals surface area contributed by atoms with Crippen molar-refractivity contribution in [2.75, 3.05) is 6.54 Å². The Labute approximate surface area is 79.5 Å². The molecule has 0 unspecified atom stereocenters. The van der Waals surface area contributed by atoms with E-state index in [-0.39, 0.29) is 0 Å². The number of hydrogen-bond donors (Lipinski definition) is 1. The van der Waals surface area contributed by atoms with Gasteiger partial charge in [0.2, 0.25) is 0 Å². The first-order valence-corrected chi connectivity index (χ1v) is 4.87. The summed E-state index contributed by atoms with van der Waals surface area (Å²) in [6.45, 7) is 7.89. The SMILES string of the molecule is CCCCNCc1oc(C)nc1C. The number of oxazole rings is 1. The predicted octanol–water partition coefficient (Wildman–Crippen LogP) is 2.18. The molecule has 0 amide bonds. The largest absolute Gasteiger partial charge is 0.444 e. The van der Waals surface area contributed by atoms with Gasteiger partial charge in [0.1, 0.15) is 5.76 Å². The highest BCUT2D eigenvalue weighted by molar-refractivity contribution is 5.06. The Morgan fingerprint density at radius 2 is 2.15 bits per heavy atom. The van der Waals surface area contributed by atoms with Gasteiger partial charge in [-0.15, -0.1) is 0 Å². The maximum absolute atomic E-state index is 5.42. The van der Waals surface area contributed by atoms with E-state index < -0.39 is 0 Å². The van der Waals surface area contributed by atoms with Gasteiger partial charge >= 0.3 is 0 Å². The number of nitrogens with one attached hydrogen (secondary N) is 1. The molecule has 0 spiro atoms. The van der Waals surface area contributed by atoms with E-state index in [0.717, 1.165) is 30.4 Å². The van der Waals surface area contributed by atoms with E-state index in [4.69, 9.17) is 4.42 Å². The third-order valence-electron chi connectivity index (χ3n) is 1.99. The van der Waals surface area contributed by atoms with Crippen molar-refractivity contribution in [3.63, 3.8) is 0 Å². The van der Waals surface area contributed by atoms with E-state index >= 15 is 0 Å². The molecule has 74 valence electrons. The Balaban J connectivity index is 2.32. The summed E-state index contributed by atoms with van der Waals surface area (Å²) in [5, 5.41) is 3.32. The molecule has 0 bridgehead atoms. The Kier molecular flexibility index (Phi) is 3.96. The quantitative estimate of drug-likeness (QED) is 0.709. The van der Waals surface area contributed by atoms with Gasteiger partial charge in [-0.1, -0.05) is 13.3 Å². The standard InChI is InChI=1S/C10H18N2O/c1-4-5-6-11-7-10-8(2)12-9(3)13-10/h11H,4-7H2,1-3H3. The highest BCUT2D eigenvalue weighted by Gasteiger charge is 2.04. The zero-order valence-corrected chi connectivity index (χ0v) is 8.68. The second-order valence-corrected chi connectivity index (χ2v) is 3.27. The molecule has 13 heavy (non-hydrogen) atoms. The van der Waals surface area contributed by atoms with Crippen LogP contribution in [0.1, 0.15) is 37.1 Å². The van der Waals surface area contributed by atoms with Gasteiger partial charge in [0.05, 0.1) is 12.2 Å². The minimum absolute atomic E-state index is 0.754. The monoisotopic (exact) mass is 182 g/mol. The molecule has 0 saturated heterocycles. The minimum Gasteiger partial charge on any atom is -0.444 e. The van der Waals surface area contributed by atoms with E-state index in [1.54, 1.807) is 0 Å². The number of unbranched alkanes of at least 4 members (excludes halogenated alkanes) is 1. The third-order valence-corrected chi connectivity index (χ3v) is 1.99. The van der Waals surface area contributed by atoms with Crippen LogP contribution in [0.4, 0.5) is 0 Å². The van der Waals surface area contributed by atoms with Gasteiger partial charge < -0.3 is 9.73 Å². The molecular formula is C10H18N2O. The predicted molar refractivity (Wildman–Crippen MR) is 52.6 cm³/mol. The molecule has 0 atom stereocenters. The molecule has 0 aromatic carbocycles. The number of aryl methyl sites for hydroxylation is 2. The van der Waals surface area contributed by atoms with Crippen LogP contribution in [0.5, 0.6) is 0 Å². The molecule has 0 saturated carbocycles. The molecule has 0 aliphatic carbocycles. The van der Waals surface area contributed by atoms with Crippen molar-refractivity contribution in [2.45, 2.75) is 40.2 Å². The van der Waals surface area contributed by atoms with Gasteiger partial charge in [-0.3, -0.25) is 0 Å². The van der Waals surface area contributed by atoms with E-state index in [0.29, 0.717) is 0 Å². The highest BCUT2D eigenvalue weighted by Crippen LogP contribution is 2.08. The molecule has 1 aromatic heterocycles. The normalized spacial score (nSPS) is 10.7. The molecule has 0 radical (unpaired) electrons. The molecular weight excluding hydrogens is 164 g/mol. The van der Waals surface area contributed by atoms with Crippen LogP contribution >= 0.6 is 0 Å². The lowest BCUT2D eigenvalue weighted by Gasteiger charge is -2.00. The first-order chi connectivity index (χ1) is 6.24. The van der Waals surface area contributed by atoms with Gasteiger partial charge in [-0.2, -0.15) is 0 Å². The van der Waals surface area contributed by atoms with Crippen molar-refractivity contribution < 1.29 is 4.42 Å².